The predicted octanol–water partition coefficient (Wildman–Crippen LogP) is 5.90. The van der Waals surface area contributed by atoms with Crippen LogP contribution in [0, 0.1) is 17.8 Å². The van der Waals surface area contributed by atoms with Crippen molar-refractivity contribution >= 4 is 17.0 Å². The van der Waals surface area contributed by atoms with E-state index < -0.39 is 11.7 Å². The van der Waals surface area contributed by atoms with Gasteiger partial charge < -0.3 is 9.88 Å². The summed E-state index contributed by atoms with van der Waals surface area (Å²) in [4.78, 5) is 27.7. The number of aromatic nitrogens is 6. The zero-order valence-corrected chi connectivity index (χ0v) is 22.4. The molecule has 1 atom stereocenters. The molecule has 2 aliphatic carbocycles. The Morgan fingerprint density at radius 1 is 1.15 bits per heavy atom. The number of imidazole rings is 1. The fourth-order valence-electron chi connectivity index (χ4n) is 5.90. The van der Waals surface area contributed by atoms with Crippen LogP contribution in [0.1, 0.15) is 63.3 Å². The molecule has 0 amide bonds. The number of nitrogens with one attached hydrogen (secondary N) is 2. The molecule has 2 saturated carbocycles. The Hall–Kier alpha value is -3.89. The Balaban J connectivity index is 1.51. The van der Waals surface area contributed by atoms with Crippen LogP contribution in [0.3, 0.4) is 0 Å². The fourth-order valence-corrected chi connectivity index (χ4v) is 5.90. The number of anilines is 1. The van der Waals surface area contributed by atoms with E-state index in [-0.39, 0.29) is 40.6 Å². The number of hydrogen-bond acceptors (Lipinski definition) is 7. The molecule has 3 heterocycles. The number of allylic oxidation sites excluding steroid dienone is 1. The Kier molecular flexibility index (Phi) is 6.97. The summed E-state index contributed by atoms with van der Waals surface area (Å²) in [6, 6.07) is 7.78. The summed E-state index contributed by atoms with van der Waals surface area (Å²) in [6.07, 6.45) is 9.12. The van der Waals surface area contributed by atoms with Gasteiger partial charge in [-0.05, 0) is 63.2 Å². The third-order valence-electron chi connectivity index (χ3n) is 8.56. The van der Waals surface area contributed by atoms with E-state index >= 15 is 8.78 Å². The molecule has 0 aliphatic heterocycles. The van der Waals surface area contributed by atoms with Crippen molar-refractivity contribution in [3.05, 3.63) is 64.9 Å². The zero-order chi connectivity index (χ0) is 27.9. The van der Waals surface area contributed by atoms with Gasteiger partial charge in [-0.25, -0.2) is 19.7 Å². The van der Waals surface area contributed by atoms with Gasteiger partial charge in [0.1, 0.15) is 5.52 Å². The number of halogens is 2. The van der Waals surface area contributed by atoms with Crippen LogP contribution < -0.4 is 11.1 Å². The van der Waals surface area contributed by atoms with Crippen LogP contribution in [0.2, 0.25) is 0 Å². The van der Waals surface area contributed by atoms with Gasteiger partial charge in [0.2, 0.25) is 11.6 Å². The molecule has 0 spiro atoms. The number of alkyl halides is 2. The maximum atomic E-state index is 16.2. The number of nitrogens with zero attached hydrogens (tertiary/aromatic N) is 5. The molecule has 2 fully saturated rings. The van der Waals surface area contributed by atoms with E-state index in [2.05, 4.69) is 48.4 Å². The highest BCUT2D eigenvalue weighted by Gasteiger charge is 2.41. The molecular formula is C29H33F2N7O2. The van der Waals surface area contributed by atoms with Gasteiger partial charge in [-0.1, -0.05) is 48.0 Å². The van der Waals surface area contributed by atoms with Crippen molar-refractivity contribution in [2.75, 3.05) is 5.32 Å². The quantitative estimate of drug-likeness (QED) is 0.250. The molecule has 0 saturated heterocycles. The second kappa shape index (κ2) is 10.6. The second-order valence-electron chi connectivity index (χ2n) is 11.1. The van der Waals surface area contributed by atoms with Crippen molar-refractivity contribution in [2.24, 2.45) is 17.8 Å². The minimum absolute atomic E-state index is 0.0138. The highest BCUT2D eigenvalue weighted by atomic mass is 19.3. The maximum absolute atomic E-state index is 16.2. The topological polar surface area (TPSA) is 115 Å². The number of fused-ring (bicyclic) bond motifs is 1. The van der Waals surface area contributed by atoms with E-state index in [0.29, 0.717) is 29.7 Å². The Labute approximate surface area is 230 Å². The summed E-state index contributed by atoms with van der Waals surface area (Å²) in [7, 11) is 0. The molecule has 11 heteroatoms. The number of aromatic amines is 1. The van der Waals surface area contributed by atoms with Gasteiger partial charge >= 0.3 is 11.7 Å². The average molecular weight is 550 g/mol. The third-order valence-corrected chi connectivity index (χ3v) is 8.56. The largest absolute Gasteiger partial charge is 0.439 e. The Bertz CT molecular complexity index is 1550. The molecule has 1 aromatic carbocycles. The smallest absolute Gasteiger partial charge is 0.365 e. The first kappa shape index (κ1) is 26.3. The van der Waals surface area contributed by atoms with Crippen LogP contribution in [0.5, 0.6) is 0 Å². The molecule has 0 bridgehead atoms. The van der Waals surface area contributed by atoms with E-state index in [0.717, 1.165) is 38.5 Å². The first-order chi connectivity index (χ1) is 19.3. The van der Waals surface area contributed by atoms with Gasteiger partial charge in [-0.15, -0.1) is 6.58 Å². The van der Waals surface area contributed by atoms with Gasteiger partial charge in [0, 0.05) is 18.2 Å². The lowest BCUT2D eigenvalue weighted by atomic mass is 9.80. The molecule has 9 nitrogen and oxygen atoms in total. The molecule has 40 heavy (non-hydrogen) atoms. The highest BCUT2D eigenvalue weighted by Crippen LogP contribution is 2.40. The summed E-state index contributed by atoms with van der Waals surface area (Å²) in [5.41, 5.74) is 0.396. The monoisotopic (exact) mass is 549 g/mol. The van der Waals surface area contributed by atoms with E-state index in [4.69, 9.17) is 0 Å². The molecule has 0 radical (unpaired) electrons. The van der Waals surface area contributed by atoms with Crippen LogP contribution >= 0.6 is 0 Å². The SMILES string of the molecule is C=CC1CCC(Cn2c(C(F)(F)c3ccccc3)nc3nc(-c4noc(=O)[nH]4)nc(N[C@H](C)C4CCC4)c32)CC1. The average Bonchev–Trinajstić information content (AvgIpc) is 3.53. The number of hydrogen-bond donors (Lipinski definition) is 2. The van der Waals surface area contributed by atoms with Crippen molar-refractivity contribution in [1.29, 1.82) is 0 Å². The standard InChI is InChI=1S/C29H33F2N7O2/c1-3-18-12-14-19(15-13-18)16-38-22-23(32-17(2)20-8-7-9-20)33-25(26-36-28(39)40-37-26)34-24(22)35-27(38)29(30,31)21-10-5-4-6-11-21/h3-6,10-11,17-20H,1,7-9,12-16H2,2H3,(H,32,33,34)(H,36,37,39)/t17-,18?,19?/m1/s1. The summed E-state index contributed by atoms with van der Waals surface area (Å²) in [5, 5.41) is 7.20. The Morgan fingerprint density at radius 2 is 1.90 bits per heavy atom. The summed E-state index contributed by atoms with van der Waals surface area (Å²) in [5.74, 6) is -2.94. The van der Waals surface area contributed by atoms with Crippen molar-refractivity contribution in [3.8, 4) is 11.6 Å². The van der Waals surface area contributed by atoms with E-state index in [1.165, 1.54) is 18.6 Å². The summed E-state index contributed by atoms with van der Waals surface area (Å²) < 4.78 is 38.7. The first-order valence-electron chi connectivity index (χ1n) is 14.0. The van der Waals surface area contributed by atoms with E-state index in [9.17, 15) is 4.79 Å². The zero-order valence-electron chi connectivity index (χ0n) is 22.4. The lowest BCUT2D eigenvalue weighted by molar-refractivity contribution is 0.0283. The predicted molar refractivity (Wildman–Crippen MR) is 147 cm³/mol. The van der Waals surface area contributed by atoms with Crippen molar-refractivity contribution in [1.82, 2.24) is 29.7 Å². The molecule has 3 aromatic heterocycles. The van der Waals surface area contributed by atoms with Gasteiger partial charge in [0.05, 0.1) is 0 Å². The molecule has 0 unspecified atom stereocenters. The maximum Gasteiger partial charge on any atom is 0.439 e. The summed E-state index contributed by atoms with van der Waals surface area (Å²) in [6.45, 7) is 6.38. The minimum atomic E-state index is -3.38. The normalized spacial score (nSPS) is 20.8. The van der Waals surface area contributed by atoms with Crippen LogP contribution in [-0.4, -0.2) is 35.7 Å². The van der Waals surface area contributed by atoms with Gasteiger partial charge in [0.15, 0.2) is 17.3 Å². The number of benzene rings is 1. The Morgan fingerprint density at radius 3 is 2.52 bits per heavy atom. The highest BCUT2D eigenvalue weighted by molar-refractivity contribution is 5.86. The minimum Gasteiger partial charge on any atom is -0.365 e. The molecular weight excluding hydrogens is 516 g/mol. The summed E-state index contributed by atoms with van der Waals surface area (Å²) >= 11 is 0. The van der Waals surface area contributed by atoms with Gasteiger partial charge in [0.25, 0.3) is 0 Å². The van der Waals surface area contributed by atoms with Gasteiger partial charge in [-0.2, -0.15) is 8.78 Å². The first-order valence-corrected chi connectivity index (χ1v) is 14.0. The molecule has 210 valence electrons. The fraction of sp³-hybridized carbons (Fsp3) is 0.483. The third kappa shape index (κ3) is 4.93. The van der Waals surface area contributed by atoms with E-state index in [1.54, 1.807) is 22.8 Å². The molecule has 4 aromatic rings. The van der Waals surface area contributed by atoms with Crippen molar-refractivity contribution < 1.29 is 13.3 Å². The number of H-pyrrole nitrogens is 1. The van der Waals surface area contributed by atoms with Crippen LogP contribution in [0.15, 0.2) is 52.3 Å². The van der Waals surface area contributed by atoms with Crippen LogP contribution in [-0.2, 0) is 12.5 Å². The lowest BCUT2D eigenvalue weighted by Gasteiger charge is -2.32. The second-order valence-corrected chi connectivity index (χ2v) is 11.1. The molecule has 2 N–H and O–H groups in total. The van der Waals surface area contributed by atoms with Crippen molar-refractivity contribution in [3.63, 3.8) is 0 Å². The lowest BCUT2D eigenvalue weighted by Crippen LogP contribution is -2.31. The van der Waals surface area contributed by atoms with Crippen LogP contribution in [0.25, 0.3) is 22.8 Å². The molecule has 6 rings (SSSR count). The van der Waals surface area contributed by atoms with Gasteiger partial charge in [-0.3, -0.25) is 9.51 Å². The number of rotatable bonds is 9. The van der Waals surface area contributed by atoms with Crippen molar-refractivity contribution in [2.45, 2.75) is 70.4 Å². The van der Waals surface area contributed by atoms with E-state index in [1.807, 2.05) is 6.08 Å². The van der Waals surface area contributed by atoms with Crippen LogP contribution in [0.4, 0.5) is 14.6 Å². The molecule has 2 aliphatic rings.